The van der Waals surface area contributed by atoms with E-state index in [-0.39, 0.29) is 29.7 Å². The van der Waals surface area contributed by atoms with Gasteiger partial charge in [-0.3, -0.25) is 14.4 Å². The fraction of sp³-hybridized carbons (Fsp3) is 0.160. The number of ether oxygens (including phenoxy) is 1. The summed E-state index contributed by atoms with van der Waals surface area (Å²) in [4.78, 5) is 36.4. The largest absolute Gasteiger partial charge is 0.497 e. The van der Waals surface area contributed by atoms with Gasteiger partial charge in [-0.1, -0.05) is 12.1 Å². The lowest BCUT2D eigenvalue weighted by atomic mass is 10.1. The summed E-state index contributed by atoms with van der Waals surface area (Å²) in [5.41, 5.74) is 0.402. The van der Waals surface area contributed by atoms with Crippen LogP contribution < -0.4 is 15.4 Å². The highest BCUT2D eigenvalue weighted by atomic mass is 19.4. The predicted molar refractivity (Wildman–Crippen MR) is 123 cm³/mol. The van der Waals surface area contributed by atoms with Gasteiger partial charge in [0.15, 0.2) is 0 Å². The molecule has 0 radical (unpaired) electrons. The lowest BCUT2D eigenvalue weighted by molar-refractivity contribution is -0.138. The van der Waals surface area contributed by atoms with E-state index in [0.717, 1.165) is 29.8 Å². The van der Waals surface area contributed by atoms with Gasteiger partial charge in [-0.25, -0.2) is 0 Å². The van der Waals surface area contributed by atoms with Crippen molar-refractivity contribution in [2.45, 2.75) is 19.0 Å². The van der Waals surface area contributed by atoms with Crippen molar-refractivity contribution < 1.29 is 37.4 Å². The van der Waals surface area contributed by atoms with Crippen LogP contribution in [-0.4, -0.2) is 30.0 Å². The van der Waals surface area contributed by atoms with E-state index in [1.54, 1.807) is 24.3 Å². The highest BCUT2D eigenvalue weighted by molar-refractivity contribution is 6.12. The quantitative estimate of drug-likeness (QED) is 0.404. The van der Waals surface area contributed by atoms with Crippen molar-refractivity contribution in [3.05, 3.63) is 89.0 Å². The minimum absolute atomic E-state index is 0.0293. The number of anilines is 2. The van der Waals surface area contributed by atoms with E-state index in [0.29, 0.717) is 11.4 Å². The Kier molecular flexibility index (Phi) is 7.75. The van der Waals surface area contributed by atoms with Gasteiger partial charge in [0.25, 0.3) is 11.8 Å². The molecule has 3 rings (SSSR count). The number of halogens is 3. The van der Waals surface area contributed by atoms with Crippen molar-refractivity contribution in [1.82, 2.24) is 0 Å². The van der Waals surface area contributed by atoms with Crippen LogP contribution in [-0.2, 0) is 17.4 Å². The molecule has 0 aliphatic carbocycles. The first-order valence-corrected chi connectivity index (χ1v) is 10.4. The van der Waals surface area contributed by atoms with Gasteiger partial charge in [-0.15, -0.1) is 0 Å². The number of nitrogens with one attached hydrogen (secondary N) is 2. The zero-order valence-corrected chi connectivity index (χ0v) is 18.5. The van der Waals surface area contributed by atoms with E-state index >= 15 is 0 Å². The van der Waals surface area contributed by atoms with Gasteiger partial charge in [0, 0.05) is 23.7 Å². The maximum atomic E-state index is 13.0. The zero-order valence-electron chi connectivity index (χ0n) is 18.5. The molecule has 3 N–H and O–H groups in total. The van der Waals surface area contributed by atoms with Crippen molar-refractivity contribution >= 4 is 29.2 Å². The third-order valence-electron chi connectivity index (χ3n) is 5.01. The molecule has 35 heavy (non-hydrogen) atoms. The van der Waals surface area contributed by atoms with Crippen LogP contribution in [0.3, 0.4) is 0 Å². The molecule has 0 atom stereocenters. The molecule has 0 fully saturated rings. The van der Waals surface area contributed by atoms with Gasteiger partial charge >= 0.3 is 12.1 Å². The summed E-state index contributed by atoms with van der Waals surface area (Å²) < 4.78 is 43.5. The number of methoxy groups -OCH3 is 1. The van der Waals surface area contributed by atoms with Gasteiger partial charge in [-0.2, -0.15) is 13.2 Å². The standard InChI is InChI=1S/C25H21F3N2O5/c1-35-19-10-11-20(24(34)29-18-4-2-3-15(13-18)5-12-22(31)32)21(14-19)30-23(33)16-6-8-17(9-7-16)25(26,27)28/h2-4,6-11,13-14H,5,12H2,1H3,(H,29,34)(H,30,33)(H,31,32). The summed E-state index contributed by atoms with van der Waals surface area (Å²) in [7, 11) is 1.40. The molecule has 0 saturated carbocycles. The van der Waals surface area contributed by atoms with Gasteiger partial charge in [-0.05, 0) is 60.5 Å². The number of carboxylic acids is 1. The molecule has 0 spiro atoms. The summed E-state index contributed by atoms with van der Waals surface area (Å²) >= 11 is 0. The molecule has 10 heteroatoms. The Morgan fingerprint density at radius 1 is 0.914 bits per heavy atom. The molecule has 2 amide bonds. The third kappa shape index (κ3) is 6.83. The van der Waals surface area contributed by atoms with E-state index in [1.165, 1.54) is 25.3 Å². The fourth-order valence-electron chi connectivity index (χ4n) is 3.21. The van der Waals surface area contributed by atoms with E-state index < -0.39 is 29.5 Å². The van der Waals surface area contributed by atoms with Crippen LogP contribution in [0.25, 0.3) is 0 Å². The number of alkyl halides is 3. The van der Waals surface area contributed by atoms with Crippen molar-refractivity contribution in [1.29, 1.82) is 0 Å². The van der Waals surface area contributed by atoms with Crippen LogP contribution in [0.2, 0.25) is 0 Å². The minimum atomic E-state index is -4.53. The number of amides is 2. The van der Waals surface area contributed by atoms with Crippen molar-refractivity contribution in [2.24, 2.45) is 0 Å². The van der Waals surface area contributed by atoms with Gasteiger partial charge in [0.1, 0.15) is 5.75 Å². The molecule has 0 saturated heterocycles. The SMILES string of the molecule is COc1ccc(C(=O)Nc2cccc(CCC(=O)O)c2)c(NC(=O)c2ccc(C(F)(F)F)cc2)c1. The molecule has 3 aromatic rings. The Bertz CT molecular complexity index is 1240. The second kappa shape index (κ2) is 10.7. The first-order valence-electron chi connectivity index (χ1n) is 10.4. The van der Waals surface area contributed by atoms with Crippen LogP contribution in [0.15, 0.2) is 66.7 Å². The maximum Gasteiger partial charge on any atom is 0.416 e. The Morgan fingerprint density at radius 2 is 1.63 bits per heavy atom. The molecule has 0 aromatic heterocycles. The van der Waals surface area contributed by atoms with Crippen LogP contribution >= 0.6 is 0 Å². The van der Waals surface area contributed by atoms with Gasteiger partial charge < -0.3 is 20.5 Å². The summed E-state index contributed by atoms with van der Waals surface area (Å²) in [5, 5.41) is 14.1. The van der Waals surface area contributed by atoms with Crippen LogP contribution in [0.1, 0.15) is 38.3 Å². The number of hydrogen-bond donors (Lipinski definition) is 3. The monoisotopic (exact) mass is 486 g/mol. The summed E-state index contributed by atoms with van der Waals surface area (Å²) in [6, 6.07) is 14.7. The molecule has 0 bridgehead atoms. The second-order valence-electron chi connectivity index (χ2n) is 7.49. The molecule has 182 valence electrons. The number of benzene rings is 3. The van der Waals surface area contributed by atoms with Gasteiger partial charge in [0.05, 0.1) is 23.9 Å². The Morgan fingerprint density at radius 3 is 2.26 bits per heavy atom. The number of carbonyl (C=O) groups excluding carboxylic acids is 2. The molecule has 0 aliphatic rings. The molecule has 3 aromatic carbocycles. The molecule has 0 heterocycles. The maximum absolute atomic E-state index is 13.0. The number of hydrogen-bond acceptors (Lipinski definition) is 4. The third-order valence-corrected chi connectivity index (χ3v) is 5.01. The number of carboxylic acid groups (broad SMARTS) is 1. The molecular formula is C25H21F3N2O5. The second-order valence-corrected chi connectivity index (χ2v) is 7.49. The molecule has 0 aliphatic heterocycles. The molecule has 7 nitrogen and oxygen atoms in total. The highest BCUT2D eigenvalue weighted by Crippen LogP contribution is 2.29. The van der Waals surface area contributed by atoms with Crippen LogP contribution in [0, 0.1) is 0 Å². The average molecular weight is 486 g/mol. The minimum Gasteiger partial charge on any atom is -0.497 e. The first kappa shape index (κ1) is 25.3. The Labute approximate surface area is 198 Å². The van der Waals surface area contributed by atoms with E-state index in [4.69, 9.17) is 9.84 Å². The smallest absolute Gasteiger partial charge is 0.416 e. The number of rotatable bonds is 8. The molecule has 0 unspecified atom stereocenters. The Balaban J connectivity index is 1.81. The van der Waals surface area contributed by atoms with Gasteiger partial charge in [0.2, 0.25) is 0 Å². The van der Waals surface area contributed by atoms with Crippen molar-refractivity contribution in [2.75, 3.05) is 17.7 Å². The Hall–Kier alpha value is -4.34. The number of aliphatic carboxylic acids is 1. The first-order chi connectivity index (χ1) is 16.6. The van der Waals surface area contributed by atoms with Crippen molar-refractivity contribution in [3.8, 4) is 5.75 Å². The average Bonchev–Trinajstić information content (AvgIpc) is 2.82. The van der Waals surface area contributed by atoms with Crippen molar-refractivity contribution in [3.63, 3.8) is 0 Å². The zero-order chi connectivity index (χ0) is 25.6. The normalized spacial score (nSPS) is 11.0. The predicted octanol–water partition coefficient (Wildman–Crippen LogP) is 5.24. The summed E-state index contributed by atoms with van der Waals surface area (Å²) in [5.74, 6) is -1.87. The lowest BCUT2D eigenvalue weighted by Gasteiger charge is -2.14. The number of carbonyl (C=O) groups is 3. The lowest BCUT2D eigenvalue weighted by Crippen LogP contribution is -2.18. The van der Waals surface area contributed by atoms with E-state index in [9.17, 15) is 27.6 Å². The van der Waals surface area contributed by atoms with E-state index in [1.807, 2.05) is 0 Å². The highest BCUT2D eigenvalue weighted by Gasteiger charge is 2.30. The number of aryl methyl sites for hydroxylation is 1. The van der Waals surface area contributed by atoms with E-state index in [2.05, 4.69) is 10.6 Å². The van der Waals surface area contributed by atoms with Crippen LogP contribution in [0.4, 0.5) is 24.5 Å². The summed E-state index contributed by atoms with van der Waals surface area (Å²) in [6.45, 7) is 0. The molecular weight excluding hydrogens is 465 g/mol. The fourth-order valence-corrected chi connectivity index (χ4v) is 3.21. The van der Waals surface area contributed by atoms with Crippen LogP contribution in [0.5, 0.6) is 5.75 Å². The topological polar surface area (TPSA) is 105 Å². The summed E-state index contributed by atoms with van der Waals surface area (Å²) in [6.07, 6.45) is -4.30.